The Labute approximate surface area is 206 Å². The van der Waals surface area contributed by atoms with E-state index in [1.54, 1.807) is 19.2 Å². The number of oxazole rings is 1. The number of thioether (sulfide) groups is 1. The van der Waals surface area contributed by atoms with Crippen molar-refractivity contribution >= 4 is 11.8 Å². The minimum Gasteiger partial charge on any atom is -0.497 e. The first-order valence-corrected chi connectivity index (χ1v) is 12.3. The average Bonchev–Trinajstić information content (AvgIpc) is 3.25. The van der Waals surface area contributed by atoms with E-state index in [2.05, 4.69) is 14.9 Å². The quantitative estimate of drug-likeness (QED) is 0.295. The summed E-state index contributed by atoms with van der Waals surface area (Å²) in [5.41, 5.74) is 4.12. The number of H-pyrrole nitrogens is 1. The summed E-state index contributed by atoms with van der Waals surface area (Å²) >= 11 is 1.44. The SMILES string of the molecule is COc1ccc(-c2nc(CSc3nc4c(c(=O)[nH]3)CN(Cc3ccc(F)cc3)CC4)c(C)o2)cc1. The van der Waals surface area contributed by atoms with E-state index in [4.69, 9.17) is 14.1 Å². The van der Waals surface area contributed by atoms with Crippen molar-refractivity contribution < 1.29 is 13.5 Å². The summed E-state index contributed by atoms with van der Waals surface area (Å²) in [6.45, 7) is 3.86. The summed E-state index contributed by atoms with van der Waals surface area (Å²) in [5.74, 6) is 2.34. The van der Waals surface area contributed by atoms with Gasteiger partial charge in [-0.25, -0.2) is 14.4 Å². The van der Waals surface area contributed by atoms with E-state index < -0.39 is 0 Å². The Morgan fingerprint density at radius 3 is 2.66 bits per heavy atom. The van der Waals surface area contributed by atoms with Crippen molar-refractivity contribution in [3.63, 3.8) is 0 Å². The molecule has 0 amide bonds. The first-order valence-electron chi connectivity index (χ1n) is 11.3. The number of fused-ring (bicyclic) bond motifs is 1. The van der Waals surface area contributed by atoms with Crippen LogP contribution in [0.2, 0.25) is 0 Å². The van der Waals surface area contributed by atoms with Gasteiger partial charge in [0.25, 0.3) is 5.56 Å². The van der Waals surface area contributed by atoms with E-state index in [0.717, 1.165) is 40.6 Å². The fraction of sp³-hybridized carbons (Fsp3) is 0.269. The maximum Gasteiger partial charge on any atom is 0.256 e. The third kappa shape index (κ3) is 5.31. The van der Waals surface area contributed by atoms with Crippen molar-refractivity contribution in [1.82, 2.24) is 19.9 Å². The van der Waals surface area contributed by atoms with Gasteiger partial charge in [0.05, 0.1) is 24.1 Å². The molecule has 0 saturated heterocycles. The van der Waals surface area contributed by atoms with Crippen LogP contribution >= 0.6 is 11.8 Å². The Kier molecular flexibility index (Phi) is 6.70. The molecule has 1 aliphatic heterocycles. The Morgan fingerprint density at radius 2 is 1.91 bits per heavy atom. The van der Waals surface area contributed by atoms with E-state index in [1.807, 2.05) is 31.2 Å². The van der Waals surface area contributed by atoms with Gasteiger partial charge in [-0.2, -0.15) is 0 Å². The van der Waals surface area contributed by atoms with E-state index in [1.165, 1.54) is 23.9 Å². The fourth-order valence-corrected chi connectivity index (χ4v) is 4.95. The molecule has 7 nitrogen and oxygen atoms in total. The highest BCUT2D eigenvalue weighted by molar-refractivity contribution is 7.98. The molecule has 2 aromatic carbocycles. The van der Waals surface area contributed by atoms with Gasteiger partial charge in [0.1, 0.15) is 17.3 Å². The molecular weight excluding hydrogens is 467 g/mol. The highest BCUT2D eigenvalue weighted by atomic mass is 32.2. The molecule has 0 bridgehead atoms. The number of aromatic amines is 1. The van der Waals surface area contributed by atoms with E-state index in [9.17, 15) is 9.18 Å². The molecule has 2 aromatic heterocycles. The van der Waals surface area contributed by atoms with Crippen molar-refractivity contribution in [3.05, 3.63) is 93.0 Å². The summed E-state index contributed by atoms with van der Waals surface area (Å²) in [5, 5.41) is 0.578. The minimum atomic E-state index is -0.249. The van der Waals surface area contributed by atoms with Crippen molar-refractivity contribution in [3.8, 4) is 17.2 Å². The van der Waals surface area contributed by atoms with Crippen molar-refractivity contribution in [2.24, 2.45) is 0 Å². The number of nitrogens with zero attached hydrogens (tertiary/aromatic N) is 3. The molecule has 5 rings (SSSR count). The van der Waals surface area contributed by atoms with Gasteiger partial charge in [-0.3, -0.25) is 9.69 Å². The predicted molar refractivity (Wildman–Crippen MR) is 132 cm³/mol. The third-order valence-corrected chi connectivity index (χ3v) is 6.91. The molecule has 0 unspecified atom stereocenters. The molecule has 0 aliphatic carbocycles. The van der Waals surface area contributed by atoms with Crippen LogP contribution in [0, 0.1) is 12.7 Å². The molecule has 0 fully saturated rings. The van der Waals surface area contributed by atoms with Crippen LogP contribution in [-0.2, 0) is 25.3 Å². The van der Waals surface area contributed by atoms with Crippen LogP contribution in [0.15, 0.2) is 62.9 Å². The first-order chi connectivity index (χ1) is 17.0. The summed E-state index contributed by atoms with van der Waals surface area (Å²) in [7, 11) is 1.63. The topological polar surface area (TPSA) is 84.2 Å². The molecule has 0 spiro atoms. The number of rotatable bonds is 7. The Balaban J connectivity index is 1.25. The first kappa shape index (κ1) is 23.3. The summed E-state index contributed by atoms with van der Waals surface area (Å²) in [6.07, 6.45) is 0.693. The lowest BCUT2D eigenvalue weighted by Gasteiger charge is -2.27. The Morgan fingerprint density at radius 1 is 1.14 bits per heavy atom. The van der Waals surface area contributed by atoms with E-state index >= 15 is 0 Å². The lowest BCUT2D eigenvalue weighted by Crippen LogP contribution is -2.35. The van der Waals surface area contributed by atoms with Gasteiger partial charge in [-0.05, 0) is 48.9 Å². The summed E-state index contributed by atoms with van der Waals surface area (Å²) in [6, 6.07) is 14.0. The van der Waals surface area contributed by atoms with Gasteiger partial charge < -0.3 is 14.1 Å². The lowest BCUT2D eigenvalue weighted by atomic mass is 10.1. The van der Waals surface area contributed by atoms with Gasteiger partial charge in [-0.15, -0.1) is 0 Å². The lowest BCUT2D eigenvalue weighted by molar-refractivity contribution is 0.241. The van der Waals surface area contributed by atoms with Gasteiger partial charge >= 0.3 is 0 Å². The van der Waals surface area contributed by atoms with Crippen molar-refractivity contribution in [2.75, 3.05) is 13.7 Å². The zero-order chi connectivity index (χ0) is 24.4. The Hall–Kier alpha value is -3.43. The standard InChI is InChI=1S/C26H25FN4O3S/c1-16-23(28-25(34-16)18-5-9-20(33-2)10-6-18)15-35-26-29-22-11-12-31(14-21(22)24(32)30-26)13-17-3-7-19(27)8-4-17/h3-10H,11-15H2,1-2H3,(H,29,30,32). The smallest absolute Gasteiger partial charge is 0.256 e. The number of aryl methyl sites for hydroxylation is 1. The van der Waals surface area contributed by atoms with Crippen LogP contribution in [0.1, 0.15) is 28.3 Å². The Bertz CT molecular complexity index is 1380. The van der Waals surface area contributed by atoms with Gasteiger partial charge in [0.2, 0.25) is 5.89 Å². The van der Waals surface area contributed by atoms with Crippen molar-refractivity contribution in [2.45, 2.75) is 37.3 Å². The van der Waals surface area contributed by atoms with E-state index in [0.29, 0.717) is 41.9 Å². The van der Waals surface area contributed by atoms with Crippen LogP contribution < -0.4 is 10.3 Å². The van der Waals surface area contributed by atoms with Crippen LogP contribution in [0.5, 0.6) is 5.75 Å². The zero-order valence-corrected chi connectivity index (χ0v) is 20.3. The normalized spacial score (nSPS) is 13.6. The van der Waals surface area contributed by atoms with Gasteiger partial charge in [0.15, 0.2) is 5.16 Å². The zero-order valence-electron chi connectivity index (χ0n) is 19.5. The number of methoxy groups -OCH3 is 1. The third-order valence-electron chi connectivity index (χ3n) is 6.02. The summed E-state index contributed by atoms with van der Waals surface area (Å²) < 4.78 is 24.2. The fourth-order valence-electron chi connectivity index (χ4n) is 4.07. The molecule has 35 heavy (non-hydrogen) atoms. The number of benzene rings is 2. The summed E-state index contributed by atoms with van der Waals surface area (Å²) in [4.78, 5) is 27.3. The number of hydrogen-bond acceptors (Lipinski definition) is 7. The van der Waals surface area contributed by atoms with Gasteiger partial charge in [-0.1, -0.05) is 23.9 Å². The second-order valence-electron chi connectivity index (χ2n) is 8.42. The number of hydrogen-bond donors (Lipinski definition) is 1. The highest BCUT2D eigenvalue weighted by Crippen LogP contribution is 2.28. The molecule has 1 aliphatic rings. The van der Waals surface area contributed by atoms with Crippen LogP contribution in [0.25, 0.3) is 11.5 Å². The molecule has 0 atom stereocenters. The molecule has 0 saturated carbocycles. The largest absolute Gasteiger partial charge is 0.497 e. The monoisotopic (exact) mass is 492 g/mol. The van der Waals surface area contributed by atoms with E-state index in [-0.39, 0.29) is 11.4 Å². The predicted octanol–water partition coefficient (Wildman–Crippen LogP) is 4.73. The number of nitrogens with one attached hydrogen (secondary N) is 1. The van der Waals surface area contributed by atoms with Gasteiger partial charge in [0, 0.05) is 37.4 Å². The van der Waals surface area contributed by atoms with Crippen LogP contribution in [0.4, 0.5) is 4.39 Å². The molecule has 0 radical (unpaired) electrons. The molecule has 4 aromatic rings. The highest BCUT2D eigenvalue weighted by Gasteiger charge is 2.22. The second-order valence-corrected chi connectivity index (χ2v) is 9.39. The molecule has 180 valence electrons. The molecule has 3 heterocycles. The average molecular weight is 493 g/mol. The van der Waals surface area contributed by atoms with Crippen LogP contribution in [0.3, 0.4) is 0 Å². The van der Waals surface area contributed by atoms with Crippen molar-refractivity contribution in [1.29, 1.82) is 0 Å². The number of halogens is 1. The van der Waals surface area contributed by atoms with Crippen LogP contribution in [-0.4, -0.2) is 33.5 Å². The molecule has 9 heteroatoms. The molecule has 1 N–H and O–H groups in total. The number of aromatic nitrogens is 3. The minimum absolute atomic E-state index is 0.114. The maximum absolute atomic E-state index is 13.2. The second kappa shape index (κ2) is 10.1. The molecular formula is C26H25FN4O3S. The maximum atomic E-state index is 13.2. The number of ether oxygens (including phenoxy) is 1.